The Bertz CT molecular complexity index is 1470. The summed E-state index contributed by atoms with van der Waals surface area (Å²) in [4.78, 5) is 37.8. The number of ether oxygens (including phenoxy) is 3. The van der Waals surface area contributed by atoms with Gasteiger partial charge in [0.1, 0.15) is 13.2 Å². The quantitative estimate of drug-likeness (QED) is 0.0203. The van der Waals surface area contributed by atoms with Gasteiger partial charge < -0.3 is 14.2 Å². The standard InChI is InChI=1S/C55H80O6/c1-4-7-10-13-16-19-22-25-26-27-28-31-33-36-39-42-45-48-54(57)60-51-52(61-55(58)49-46-43-40-37-34-30-24-21-18-15-12-9-6-3)50-59-53(56)47-44-41-38-35-32-29-23-20-17-14-11-8-5-2/h8-9,11-12,14-21,23-26,28-32,34,36-37,39-40,52H,4-7,10,13,22,27,33,35,38,41-51H2,1-3H3/b11-8+,12-9+,17-14+,18-15+,19-16+,23-20+,24-21+,26-25+,31-28+,32-29+,34-30+,39-36+,40-37+. The SMILES string of the molecule is CC/C=C/C=C/C=C/C=C/C=C/CCCC(=O)OC(COC(=O)CCC/C=C/C/C=C/C/C=C/C/C=C/CCCCC)COC(=O)CCCCC/C=C/C=C/C=C/C=C/CC. The molecule has 0 fully saturated rings. The van der Waals surface area contributed by atoms with Gasteiger partial charge in [0, 0.05) is 19.3 Å². The average molecular weight is 837 g/mol. The van der Waals surface area contributed by atoms with Crippen molar-refractivity contribution in [2.75, 3.05) is 13.2 Å². The molecule has 0 aromatic rings. The average Bonchev–Trinajstić information content (AvgIpc) is 3.26. The predicted molar refractivity (Wildman–Crippen MR) is 260 cm³/mol. The van der Waals surface area contributed by atoms with Crippen molar-refractivity contribution in [3.8, 4) is 0 Å². The third kappa shape index (κ3) is 46.0. The number of esters is 3. The molecule has 336 valence electrons. The number of allylic oxidation sites excluding steroid dienone is 26. The molecule has 1 unspecified atom stereocenters. The van der Waals surface area contributed by atoms with Crippen molar-refractivity contribution in [3.63, 3.8) is 0 Å². The van der Waals surface area contributed by atoms with Crippen LogP contribution in [0.3, 0.4) is 0 Å². The lowest BCUT2D eigenvalue weighted by molar-refractivity contribution is -0.167. The summed E-state index contributed by atoms with van der Waals surface area (Å²) in [7, 11) is 0. The Balaban J connectivity index is 4.68. The minimum atomic E-state index is -0.860. The molecule has 0 bridgehead atoms. The molecule has 0 aliphatic rings. The van der Waals surface area contributed by atoms with Crippen molar-refractivity contribution in [1.82, 2.24) is 0 Å². The highest BCUT2D eigenvalue weighted by molar-refractivity contribution is 5.71. The maximum absolute atomic E-state index is 12.7. The van der Waals surface area contributed by atoms with Crippen LogP contribution in [-0.4, -0.2) is 37.2 Å². The summed E-state index contributed by atoms with van der Waals surface area (Å²) in [5.74, 6) is -1.14. The van der Waals surface area contributed by atoms with Crippen LogP contribution in [0.15, 0.2) is 158 Å². The summed E-state index contributed by atoms with van der Waals surface area (Å²) in [5, 5.41) is 0. The van der Waals surface area contributed by atoms with E-state index in [0.717, 1.165) is 57.8 Å². The van der Waals surface area contributed by atoms with Crippen molar-refractivity contribution < 1.29 is 28.6 Å². The summed E-state index contributed by atoms with van der Waals surface area (Å²) in [6.07, 6.45) is 69.5. The van der Waals surface area contributed by atoms with Gasteiger partial charge in [-0.1, -0.05) is 198 Å². The molecular formula is C55H80O6. The highest BCUT2D eigenvalue weighted by Crippen LogP contribution is 2.09. The third-order valence-electron chi connectivity index (χ3n) is 8.72. The molecule has 0 aliphatic carbocycles. The van der Waals surface area contributed by atoms with Crippen molar-refractivity contribution in [1.29, 1.82) is 0 Å². The van der Waals surface area contributed by atoms with Crippen LogP contribution in [0.2, 0.25) is 0 Å². The Morgan fingerprint density at radius 3 is 1.20 bits per heavy atom. The lowest BCUT2D eigenvalue weighted by Gasteiger charge is -2.18. The third-order valence-corrected chi connectivity index (χ3v) is 8.72. The first-order valence-electron chi connectivity index (χ1n) is 23.1. The van der Waals surface area contributed by atoms with Crippen LogP contribution in [-0.2, 0) is 28.6 Å². The van der Waals surface area contributed by atoms with Gasteiger partial charge in [0.25, 0.3) is 0 Å². The zero-order valence-electron chi connectivity index (χ0n) is 38.1. The van der Waals surface area contributed by atoms with E-state index in [1.54, 1.807) is 0 Å². The number of rotatable bonds is 38. The van der Waals surface area contributed by atoms with Gasteiger partial charge in [-0.3, -0.25) is 14.4 Å². The van der Waals surface area contributed by atoms with Crippen LogP contribution in [0, 0.1) is 0 Å². The molecule has 0 aromatic carbocycles. The van der Waals surface area contributed by atoms with Crippen LogP contribution in [0.4, 0.5) is 0 Å². The summed E-state index contributed by atoms with van der Waals surface area (Å²) in [6.45, 7) is 6.13. The number of carbonyl (C=O) groups excluding carboxylic acids is 3. The minimum absolute atomic E-state index is 0.153. The molecule has 0 saturated heterocycles. The number of hydrogen-bond acceptors (Lipinski definition) is 6. The van der Waals surface area contributed by atoms with E-state index in [0.29, 0.717) is 25.7 Å². The second kappa shape index (κ2) is 47.7. The molecule has 0 heterocycles. The van der Waals surface area contributed by atoms with Gasteiger partial charge >= 0.3 is 17.9 Å². The van der Waals surface area contributed by atoms with Gasteiger partial charge in [-0.05, 0) is 89.9 Å². The van der Waals surface area contributed by atoms with Crippen molar-refractivity contribution in [2.24, 2.45) is 0 Å². The summed E-state index contributed by atoms with van der Waals surface area (Å²) >= 11 is 0. The lowest BCUT2D eigenvalue weighted by atomic mass is 10.1. The predicted octanol–water partition coefficient (Wildman–Crippen LogP) is 15.1. The van der Waals surface area contributed by atoms with E-state index in [1.807, 2.05) is 91.1 Å². The Morgan fingerprint density at radius 2 is 0.721 bits per heavy atom. The largest absolute Gasteiger partial charge is 0.462 e. The van der Waals surface area contributed by atoms with Crippen LogP contribution < -0.4 is 0 Å². The molecule has 0 amide bonds. The second-order valence-corrected chi connectivity index (χ2v) is 14.4. The first kappa shape index (κ1) is 56.0. The van der Waals surface area contributed by atoms with Gasteiger partial charge in [0.15, 0.2) is 6.10 Å². The highest BCUT2D eigenvalue weighted by Gasteiger charge is 2.19. The molecular weight excluding hydrogens is 757 g/mol. The lowest BCUT2D eigenvalue weighted by Crippen LogP contribution is -2.30. The zero-order chi connectivity index (χ0) is 44.4. The van der Waals surface area contributed by atoms with E-state index in [-0.39, 0.29) is 44.4 Å². The maximum Gasteiger partial charge on any atom is 0.306 e. The molecule has 61 heavy (non-hydrogen) atoms. The van der Waals surface area contributed by atoms with E-state index >= 15 is 0 Å². The van der Waals surface area contributed by atoms with Crippen molar-refractivity contribution in [3.05, 3.63) is 158 Å². The molecule has 1 atom stereocenters. The fourth-order valence-electron chi connectivity index (χ4n) is 5.30. The first-order chi connectivity index (χ1) is 30.0. The Morgan fingerprint density at radius 1 is 0.361 bits per heavy atom. The zero-order valence-corrected chi connectivity index (χ0v) is 38.1. The normalized spacial score (nSPS) is 13.6. The molecule has 6 heteroatoms. The van der Waals surface area contributed by atoms with Crippen molar-refractivity contribution >= 4 is 17.9 Å². The van der Waals surface area contributed by atoms with Gasteiger partial charge in [-0.2, -0.15) is 0 Å². The molecule has 0 radical (unpaired) electrons. The Hall–Kier alpha value is -4.97. The van der Waals surface area contributed by atoms with Crippen molar-refractivity contribution in [2.45, 2.75) is 155 Å². The first-order valence-corrected chi connectivity index (χ1v) is 23.1. The van der Waals surface area contributed by atoms with Crippen LogP contribution in [0.25, 0.3) is 0 Å². The smallest absolute Gasteiger partial charge is 0.306 e. The molecule has 0 N–H and O–H groups in total. The van der Waals surface area contributed by atoms with Crippen LogP contribution in [0.5, 0.6) is 0 Å². The minimum Gasteiger partial charge on any atom is -0.462 e. The summed E-state index contributed by atoms with van der Waals surface area (Å²) in [6, 6.07) is 0. The van der Waals surface area contributed by atoms with E-state index in [2.05, 4.69) is 87.6 Å². The Kier molecular flexibility index (Phi) is 43.8. The molecule has 0 aliphatic heterocycles. The van der Waals surface area contributed by atoms with E-state index in [9.17, 15) is 14.4 Å². The maximum atomic E-state index is 12.7. The number of unbranched alkanes of at least 4 members (excludes halogenated alkanes) is 8. The summed E-state index contributed by atoms with van der Waals surface area (Å²) < 4.78 is 16.6. The topological polar surface area (TPSA) is 78.9 Å². The fourth-order valence-corrected chi connectivity index (χ4v) is 5.30. The van der Waals surface area contributed by atoms with E-state index in [1.165, 1.54) is 25.7 Å². The number of hydrogen-bond donors (Lipinski definition) is 0. The fraction of sp³-hybridized carbons (Fsp3) is 0.473. The highest BCUT2D eigenvalue weighted by atomic mass is 16.6. The van der Waals surface area contributed by atoms with E-state index in [4.69, 9.17) is 14.2 Å². The number of carbonyl (C=O) groups is 3. The van der Waals surface area contributed by atoms with Gasteiger partial charge in [0.2, 0.25) is 0 Å². The molecule has 0 rings (SSSR count). The van der Waals surface area contributed by atoms with E-state index < -0.39 is 12.1 Å². The monoisotopic (exact) mass is 837 g/mol. The van der Waals surface area contributed by atoms with Crippen LogP contribution in [0.1, 0.15) is 149 Å². The van der Waals surface area contributed by atoms with Gasteiger partial charge in [-0.25, -0.2) is 0 Å². The second-order valence-electron chi connectivity index (χ2n) is 14.4. The van der Waals surface area contributed by atoms with Gasteiger partial charge in [0.05, 0.1) is 0 Å². The molecule has 0 aromatic heterocycles. The van der Waals surface area contributed by atoms with Gasteiger partial charge in [-0.15, -0.1) is 0 Å². The molecule has 6 nitrogen and oxygen atoms in total. The van der Waals surface area contributed by atoms with Crippen LogP contribution >= 0.6 is 0 Å². The Labute approximate surface area is 371 Å². The molecule has 0 spiro atoms. The summed E-state index contributed by atoms with van der Waals surface area (Å²) in [5.41, 5.74) is 0. The molecule has 0 saturated carbocycles.